The molecule has 0 aliphatic carbocycles. The van der Waals surface area contributed by atoms with E-state index in [0.717, 1.165) is 5.56 Å². The Bertz CT molecular complexity index is 962. The van der Waals surface area contributed by atoms with Crippen molar-refractivity contribution in [3.63, 3.8) is 0 Å². The Morgan fingerprint density at radius 1 is 1.11 bits per heavy atom. The zero-order chi connectivity index (χ0) is 19.2. The first-order chi connectivity index (χ1) is 13.0. The molecular weight excluding hydrogens is 364 g/mol. The molecule has 2 N–H and O–H groups in total. The Morgan fingerprint density at radius 2 is 1.93 bits per heavy atom. The van der Waals surface area contributed by atoms with Crippen molar-refractivity contribution in [1.29, 1.82) is 0 Å². The van der Waals surface area contributed by atoms with Gasteiger partial charge in [0.2, 0.25) is 0 Å². The third-order valence-electron chi connectivity index (χ3n) is 3.87. The molecule has 0 bridgehead atoms. The lowest BCUT2D eigenvalue weighted by molar-refractivity contribution is 0.0601. The molecule has 0 unspecified atom stereocenters. The lowest BCUT2D eigenvalue weighted by atomic mass is 10.1. The van der Waals surface area contributed by atoms with Gasteiger partial charge in [-0.1, -0.05) is 41.4 Å². The van der Waals surface area contributed by atoms with Gasteiger partial charge in [-0.15, -0.1) is 0 Å². The number of esters is 1. The summed E-state index contributed by atoms with van der Waals surface area (Å²) in [5.74, 6) is 0.799. The SMILES string of the molecule is COC(=O)c1ccc(Cl)c(Nc2cc(NCc3cccc(C)c3)ncn2)c1. The monoisotopic (exact) mass is 382 g/mol. The lowest BCUT2D eigenvalue weighted by Gasteiger charge is -2.11. The number of nitrogens with one attached hydrogen (secondary N) is 2. The van der Waals surface area contributed by atoms with E-state index in [9.17, 15) is 4.79 Å². The van der Waals surface area contributed by atoms with Gasteiger partial charge < -0.3 is 15.4 Å². The van der Waals surface area contributed by atoms with Crippen molar-refractivity contribution in [3.05, 3.63) is 76.6 Å². The number of halogens is 1. The second kappa shape index (κ2) is 8.51. The van der Waals surface area contributed by atoms with Gasteiger partial charge >= 0.3 is 5.97 Å². The average Bonchev–Trinajstić information content (AvgIpc) is 2.68. The van der Waals surface area contributed by atoms with Crippen LogP contribution in [0.25, 0.3) is 0 Å². The Labute approximate surface area is 162 Å². The van der Waals surface area contributed by atoms with Crippen LogP contribution in [-0.4, -0.2) is 23.0 Å². The summed E-state index contributed by atoms with van der Waals surface area (Å²) in [4.78, 5) is 20.1. The summed E-state index contributed by atoms with van der Waals surface area (Å²) in [6.45, 7) is 2.71. The molecule has 0 fully saturated rings. The molecule has 7 heteroatoms. The summed E-state index contributed by atoms with van der Waals surface area (Å²) in [5, 5.41) is 6.85. The molecule has 3 rings (SSSR count). The molecule has 0 aliphatic rings. The maximum absolute atomic E-state index is 11.7. The number of aryl methyl sites for hydroxylation is 1. The Balaban J connectivity index is 1.73. The smallest absolute Gasteiger partial charge is 0.337 e. The van der Waals surface area contributed by atoms with E-state index in [4.69, 9.17) is 16.3 Å². The topological polar surface area (TPSA) is 76.1 Å². The van der Waals surface area contributed by atoms with Crippen LogP contribution in [0.4, 0.5) is 17.3 Å². The van der Waals surface area contributed by atoms with E-state index >= 15 is 0 Å². The number of aromatic nitrogens is 2. The second-order valence-corrected chi connectivity index (χ2v) is 6.35. The number of carbonyl (C=O) groups excluding carboxylic acids is 1. The molecule has 0 spiro atoms. The first kappa shape index (κ1) is 18.7. The number of ether oxygens (including phenoxy) is 1. The number of hydrogen-bond donors (Lipinski definition) is 2. The number of anilines is 3. The highest BCUT2D eigenvalue weighted by Crippen LogP contribution is 2.26. The average molecular weight is 383 g/mol. The predicted molar refractivity (Wildman–Crippen MR) is 107 cm³/mol. The van der Waals surface area contributed by atoms with E-state index in [2.05, 4.69) is 45.7 Å². The highest BCUT2D eigenvalue weighted by Gasteiger charge is 2.10. The van der Waals surface area contributed by atoms with E-state index in [1.807, 2.05) is 6.07 Å². The third-order valence-corrected chi connectivity index (χ3v) is 4.20. The first-order valence-electron chi connectivity index (χ1n) is 8.31. The van der Waals surface area contributed by atoms with E-state index in [0.29, 0.717) is 34.5 Å². The van der Waals surface area contributed by atoms with Crippen LogP contribution >= 0.6 is 11.6 Å². The molecule has 1 heterocycles. The molecule has 0 saturated carbocycles. The molecule has 0 atom stereocenters. The number of methoxy groups -OCH3 is 1. The fraction of sp³-hybridized carbons (Fsp3) is 0.150. The zero-order valence-corrected chi connectivity index (χ0v) is 15.7. The minimum absolute atomic E-state index is 0.399. The van der Waals surface area contributed by atoms with Crippen LogP contribution in [0.15, 0.2) is 54.9 Å². The van der Waals surface area contributed by atoms with Gasteiger partial charge in [0.15, 0.2) is 0 Å². The van der Waals surface area contributed by atoms with Gasteiger partial charge in [0, 0.05) is 12.6 Å². The van der Waals surface area contributed by atoms with Crippen LogP contribution in [0.1, 0.15) is 21.5 Å². The van der Waals surface area contributed by atoms with Crippen molar-refractivity contribution >= 4 is 34.9 Å². The molecule has 27 heavy (non-hydrogen) atoms. The predicted octanol–water partition coefficient (Wildman–Crippen LogP) is 4.58. The largest absolute Gasteiger partial charge is 0.465 e. The molecule has 2 aromatic carbocycles. The van der Waals surface area contributed by atoms with Crippen molar-refractivity contribution in [1.82, 2.24) is 9.97 Å². The van der Waals surface area contributed by atoms with Crippen LogP contribution in [0, 0.1) is 6.92 Å². The first-order valence-corrected chi connectivity index (χ1v) is 8.69. The van der Waals surface area contributed by atoms with Crippen molar-refractivity contribution in [3.8, 4) is 0 Å². The van der Waals surface area contributed by atoms with Gasteiger partial charge in [-0.2, -0.15) is 0 Å². The summed E-state index contributed by atoms with van der Waals surface area (Å²) in [6, 6.07) is 14.9. The molecule has 0 saturated heterocycles. The Morgan fingerprint density at radius 3 is 2.70 bits per heavy atom. The van der Waals surface area contributed by atoms with Crippen LogP contribution < -0.4 is 10.6 Å². The number of nitrogens with zero attached hydrogens (tertiary/aromatic N) is 2. The normalized spacial score (nSPS) is 10.3. The number of hydrogen-bond acceptors (Lipinski definition) is 6. The molecular formula is C20H19ClN4O2. The van der Waals surface area contributed by atoms with Crippen molar-refractivity contribution in [2.24, 2.45) is 0 Å². The lowest BCUT2D eigenvalue weighted by Crippen LogP contribution is -2.04. The highest BCUT2D eigenvalue weighted by molar-refractivity contribution is 6.33. The summed E-state index contributed by atoms with van der Waals surface area (Å²) in [7, 11) is 1.33. The highest BCUT2D eigenvalue weighted by atomic mass is 35.5. The van der Waals surface area contributed by atoms with Crippen LogP contribution in [0.3, 0.4) is 0 Å². The molecule has 6 nitrogen and oxygen atoms in total. The number of carbonyl (C=O) groups is 1. The molecule has 0 aliphatic heterocycles. The van der Waals surface area contributed by atoms with Gasteiger partial charge in [0.1, 0.15) is 18.0 Å². The third kappa shape index (κ3) is 4.95. The minimum Gasteiger partial charge on any atom is -0.465 e. The fourth-order valence-corrected chi connectivity index (χ4v) is 2.71. The van der Waals surface area contributed by atoms with E-state index in [1.165, 1.54) is 19.0 Å². The number of rotatable bonds is 6. The molecule has 3 aromatic rings. The van der Waals surface area contributed by atoms with Crippen molar-refractivity contribution in [2.75, 3.05) is 17.7 Å². The van der Waals surface area contributed by atoms with Crippen LogP contribution in [-0.2, 0) is 11.3 Å². The van der Waals surface area contributed by atoms with Gasteiger partial charge in [-0.05, 0) is 30.7 Å². The maximum Gasteiger partial charge on any atom is 0.337 e. The fourth-order valence-electron chi connectivity index (χ4n) is 2.54. The summed E-state index contributed by atoms with van der Waals surface area (Å²) in [6.07, 6.45) is 1.46. The summed E-state index contributed by atoms with van der Waals surface area (Å²) >= 11 is 6.22. The minimum atomic E-state index is -0.432. The van der Waals surface area contributed by atoms with Gasteiger partial charge in [0.05, 0.1) is 23.4 Å². The molecule has 0 amide bonds. The van der Waals surface area contributed by atoms with Crippen molar-refractivity contribution in [2.45, 2.75) is 13.5 Å². The van der Waals surface area contributed by atoms with Crippen LogP contribution in [0.5, 0.6) is 0 Å². The Hall–Kier alpha value is -3.12. The Kier molecular flexibility index (Phi) is 5.88. The summed E-state index contributed by atoms with van der Waals surface area (Å²) < 4.78 is 4.74. The van der Waals surface area contributed by atoms with Crippen molar-refractivity contribution < 1.29 is 9.53 Å². The zero-order valence-electron chi connectivity index (χ0n) is 15.0. The number of benzene rings is 2. The van der Waals surface area contributed by atoms with Gasteiger partial charge in [0.25, 0.3) is 0 Å². The van der Waals surface area contributed by atoms with E-state index < -0.39 is 5.97 Å². The molecule has 1 aromatic heterocycles. The van der Waals surface area contributed by atoms with E-state index in [-0.39, 0.29) is 0 Å². The quantitative estimate of drug-likeness (QED) is 0.608. The maximum atomic E-state index is 11.7. The van der Waals surface area contributed by atoms with E-state index in [1.54, 1.807) is 24.3 Å². The molecule has 138 valence electrons. The summed E-state index contributed by atoms with van der Waals surface area (Å²) in [5.41, 5.74) is 3.33. The van der Waals surface area contributed by atoms with Gasteiger partial charge in [-0.25, -0.2) is 14.8 Å². The molecule has 0 radical (unpaired) electrons. The standard InChI is InChI=1S/C20H19ClN4O2/c1-13-4-3-5-14(8-13)11-22-18-10-19(24-12-23-18)25-17-9-15(20(26)27-2)6-7-16(17)21/h3-10,12H,11H2,1-2H3,(H2,22,23,24,25). The van der Waals surface area contributed by atoms with Crippen LogP contribution in [0.2, 0.25) is 5.02 Å². The second-order valence-electron chi connectivity index (χ2n) is 5.94. The van der Waals surface area contributed by atoms with Gasteiger partial charge in [-0.3, -0.25) is 0 Å².